The van der Waals surface area contributed by atoms with Crippen LogP contribution in [-0.4, -0.2) is 76.6 Å². The van der Waals surface area contributed by atoms with Crippen molar-refractivity contribution in [2.45, 2.75) is 44.0 Å². The van der Waals surface area contributed by atoms with Gasteiger partial charge in [0.2, 0.25) is 11.9 Å². The van der Waals surface area contributed by atoms with Gasteiger partial charge in [-0.3, -0.25) is 33.5 Å². The fraction of sp³-hybridized carbons (Fsp3) is 0.333. The highest BCUT2D eigenvalue weighted by atomic mass is 31.1. The number of nitrogens with one attached hydrogen (secondary N) is 2. The molecule has 1 fully saturated rings. The van der Waals surface area contributed by atoms with Gasteiger partial charge < -0.3 is 28.6 Å². The monoisotopic (exact) mass is 733 g/mol. The number of aromatic nitrogens is 4. The molecule has 0 radical (unpaired) electrons. The predicted molar refractivity (Wildman–Crippen MR) is 191 cm³/mol. The molecule has 16 heteroatoms. The van der Waals surface area contributed by atoms with Gasteiger partial charge in [0.15, 0.2) is 17.4 Å². The van der Waals surface area contributed by atoms with Gasteiger partial charge >= 0.3 is 8.25 Å². The lowest BCUT2D eigenvalue weighted by atomic mass is 9.80. The van der Waals surface area contributed by atoms with Crippen LogP contribution in [0.3, 0.4) is 0 Å². The zero-order valence-corrected chi connectivity index (χ0v) is 30.1. The second-order valence-electron chi connectivity index (χ2n) is 12.3. The van der Waals surface area contributed by atoms with Crippen LogP contribution >= 0.6 is 8.25 Å². The Bertz CT molecular complexity index is 2020. The van der Waals surface area contributed by atoms with Crippen molar-refractivity contribution in [3.05, 3.63) is 112 Å². The van der Waals surface area contributed by atoms with Crippen LogP contribution in [0.25, 0.3) is 11.2 Å². The topological polar surface area (TPSA) is 185 Å². The lowest BCUT2D eigenvalue weighted by Crippen LogP contribution is -2.40. The normalized spacial score (nSPS) is 19.5. The standard InChI is InChI=1S/C36H40N5O10P/c1-21(2)32(42)39-35-38-31-28(33(43)40-35)37-20-41(31)34-30(51-52(44)45)29(48-5)27(50-34)19-49-36(22-9-7-6-8-10-22,23-11-15-25(46-3)16-12-23)24-13-17-26(47-4)18-14-24/h6-18,20-21,27,29-30,34,52H,19H2,1-5H3,(H,44,45)(H2,38,39,40,42,43)/t27-,29-,30-,34-/m1/s1. The molecule has 0 aliphatic carbocycles. The Morgan fingerprint density at radius 2 is 1.56 bits per heavy atom. The van der Waals surface area contributed by atoms with Crippen molar-refractivity contribution in [2.75, 3.05) is 33.3 Å². The zero-order valence-electron chi connectivity index (χ0n) is 29.1. The second-order valence-corrected chi connectivity index (χ2v) is 13.1. The van der Waals surface area contributed by atoms with E-state index >= 15 is 0 Å². The molecular formula is C36H40N5O10P. The third-order valence-corrected chi connectivity index (χ3v) is 9.38. The van der Waals surface area contributed by atoms with Gasteiger partial charge in [-0.25, -0.2) is 4.98 Å². The van der Waals surface area contributed by atoms with Crippen molar-refractivity contribution in [3.8, 4) is 11.5 Å². The van der Waals surface area contributed by atoms with E-state index in [0.717, 1.165) is 16.7 Å². The van der Waals surface area contributed by atoms with Gasteiger partial charge in [-0.2, -0.15) is 4.98 Å². The van der Waals surface area contributed by atoms with Crippen LogP contribution in [0.4, 0.5) is 5.95 Å². The third kappa shape index (κ3) is 7.24. The van der Waals surface area contributed by atoms with E-state index in [4.69, 9.17) is 28.2 Å². The summed E-state index contributed by atoms with van der Waals surface area (Å²) >= 11 is 0. The van der Waals surface area contributed by atoms with Crippen molar-refractivity contribution >= 4 is 31.3 Å². The van der Waals surface area contributed by atoms with Crippen LogP contribution in [0, 0.1) is 5.92 Å². The molecule has 15 nitrogen and oxygen atoms in total. The number of benzene rings is 3. The lowest BCUT2D eigenvalue weighted by molar-refractivity contribution is -0.118. The summed E-state index contributed by atoms with van der Waals surface area (Å²) in [5, 5.41) is 2.59. The molecule has 3 N–H and O–H groups in total. The number of rotatable bonds is 14. The molecule has 2 aromatic heterocycles. The number of fused-ring (bicyclic) bond motifs is 1. The van der Waals surface area contributed by atoms with Crippen molar-refractivity contribution in [2.24, 2.45) is 5.92 Å². The van der Waals surface area contributed by atoms with Crippen molar-refractivity contribution in [3.63, 3.8) is 0 Å². The SMILES string of the molecule is COc1ccc(C(OC[C@H]2O[C@@H](n3cnc4c(=O)[nH]c(NC(=O)C(C)C)nc43)[C@H](O[PH](=O)O)[C@@H]2OC)(c2ccccc2)c2ccc(OC)cc2)cc1. The average molecular weight is 734 g/mol. The van der Waals surface area contributed by atoms with Crippen LogP contribution in [0.2, 0.25) is 0 Å². The molecule has 0 bridgehead atoms. The van der Waals surface area contributed by atoms with E-state index in [1.54, 1.807) is 28.1 Å². The van der Waals surface area contributed by atoms with Crippen LogP contribution in [0.5, 0.6) is 11.5 Å². The van der Waals surface area contributed by atoms with Crippen LogP contribution in [0.15, 0.2) is 90.0 Å². The smallest absolute Gasteiger partial charge is 0.317 e. The Balaban J connectivity index is 1.43. The molecular weight excluding hydrogens is 693 g/mol. The minimum Gasteiger partial charge on any atom is -0.497 e. The summed E-state index contributed by atoms with van der Waals surface area (Å²) < 4.78 is 49.6. The number of amides is 1. The van der Waals surface area contributed by atoms with Gasteiger partial charge in [-0.1, -0.05) is 68.4 Å². The second kappa shape index (κ2) is 15.8. The summed E-state index contributed by atoms with van der Waals surface area (Å²) in [6, 6.07) is 24.7. The van der Waals surface area contributed by atoms with E-state index in [9.17, 15) is 19.0 Å². The fourth-order valence-corrected chi connectivity index (χ4v) is 6.79. The molecule has 1 unspecified atom stereocenters. The summed E-state index contributed by atoms with van der Waals surface area (Å²) in [5.41, 5.74) is 0.553. The zero-order chi connectivity index (χ0) is 37.0. The Kier molecular flexibility index (Phi) is 11.2. The largest absolute Gasteiger partial charge is 0.497 e. The molecule has 3 heterocycles. The Hall–Kier alpha value is -4.89. The molecule has 5 aromatic rings. The highest BCUT2D eigenvalue weighted by Crippen LogP contribution is 2.44. The van der Waals surface area contributed by atoms with Gasteiger partial charge in [-0.05, 0) is 41.0 Å². The molecule has 5 atom stereocenters. The minimum absolute atomic E-state index is 0.0441. The summed E-state index contributed by atoms with van der Waals surface area (Å²) in [7, 11) is 1.08. The van der Waals surface area contributed by atoms with Gasteiger partial charge in [0.25, 0.3) is 5.56 Å². The molecule has 1 aliphatic rings. The van der Waals surface area contributed by atoms with E-state index < -0.39 is 44.0 Å². The number of anilines is 1. The average Bonchev–Trinajstić information content (AvgIpc) is 3.73. The first-order valence-corrected chi connectivity index (χ1v) is 17.7. The Morgan fingerprint density at radius 3 is 2.10 bits per heavy atom. The van der Waals surface area contributed by atoms with Gasteiger partial charge in [0, 0.05) is 13.0 Å². The number of imidazole rings is 1. The van der Waals surface area contributed by atoms with E-state index in [1.165, 1.54) is 18.0 Å². The lowest BCUT2D eigenvalue weighted by Gasteiger charge is -2.37. The van der Waals surface area contributed by atoms with E-state index in [1.807, 2.05) is 78.9 Å². The van der Waals surface area contributed by atoms with Crippen molar-refractivity contribution in [1.29, 1.82) is 0 Å². The number of nitrogens with zero attached hydrogens (tertiary/aromatic N) is 3. The molecule has 6 rings (SSSR count). The number of carbonyl (C=O) groups is 1. The highest BCUT2D eigenvalue weighted by Gasteiger charge is 2.50. The first kappa shape index (κ1) is 36.9. The molecule has 3 aromatic carbocycles. The minimum atomic E-state index is -3.54. The number of methoxy groups -OCH3 is 3. The van der Waals surface area contributed by atoms with Gasteiger partial charge in [0.1, 0.15) is 35.4 Å². The maximum atomic E-state index is 13.0. The summed E-state index contributed by atoms with van der Waals surface area (Å²) in [6.07, 6.45) is -2.84. The maximum absolute atomic E-state index is 13.0. The number of carbonyl (C=O) groups excluding carboxylic acids is 1. The number of H-pyrrole nitrogens is 1. The molecule has 1 saturated heterocycles. The van der Waals surface area contributed by atoms with Gasteiger partial charge in [0.05, 0.1) is 27.2 Å². The quantitative estimate of drug-likeness (QED) is 0.108. The molecule has 52 heavy (non-hydrogen) atoms. The fourth-order valence-electron chi connectivity index (χ4n) is 6.31. The Morgan fingerprint density at radius 1 is 0.962 bits per heavy atom. The predicted octanol–water partition coefficient (Wildman–Crippen LogP) is 4.42. The summed E-state index contributed by atoms with van der Waals surface area (Å²) in [5.74, 6) is 0.476. The maximum Gasteiger partial charge on any atom is 0.317 e. The summed E-state index contributed by atoms with van der Waals surface area (Å²) in [6.45, 7) is 3.29. The van der Waals surface area contributed by atoms with Crippen molar-refractivity contribution < 1.29 is 42.5 Å². The molecule has 274 valence electrons. The number of hydrogen-bond donors (Lipinski definition) is 3. The van der Waals surface area contributed by atoms with E-state index in [-0.39, 0.29) is 35.5 Å². The van der Waals surface area contributed by atoms with Crippen molar-refractivity contribution in [1.82, 2.24) is 19.5 Å². The van der Waals surface area contributed by atoms with E-state index in [2.05, 4.69) is 20.3 Å². The molecule has 0 saturated carbocycles. The van der Waals surface area contributed by atoms with Crippen LogP contribution in [-0.2, 0) is 33.7 Å². The number of aromatic amines is 1. The molecule has 1 aliphatic heterocycles. The number of ether oxygens (including phenoxy) is 5. The van der Waals surface area contributed by atoms with E-state index in [0.29, 0.717) is 11.5 Å². The summed E-state index contributed by atoms with van der Waals surface area (Å²) in [4.78, 5) is 46.6. The first-order valence-electron chi connectivity index (χ1n) is 16.4. The molecule has 1 amide bonds. The molecule has 0 spiro atoms. The highest BCUT2D eigenvalue weighted by molar-refractivity contribution is 7.32. The van der Waals surface area contributed by atoms with Crippen LogP contribution < -0.4 is 20.3 Å². The third-order valence-electron chi connectivity index (χ3n) is 8.90. The van der Waals surface area contributed by atoms with Crippen LogP contribution in [0.1, 0.15) is 36.8 Å². The number of hydrogen-bond acceptors (Lipinski definition) is 11. The van der Waals surface area contributed by atoms with Gasteiger partial charge in [-0.15, -0.1) is 0 Å². The first-order chi connectivity index (χ1) is 25.1. The Labute approximate surface area is 299 Å².